The van der Waals surface area contributed by atoms with Crippen molar-refractivity contribution in [3.63, 3.8) is 0 Å². The normalized spacial score (nSPS) is 10.1. The summed E-state index contributed by atoms with van der Waals surface area (Å²) in [6.45, 7) is 3.23. The number of hydrogen-bond acceptors (Lipinski definition) is 4. The summed E-state index contributed by atoms with van der Waals surface area (Å²) in [4.78, 5) is 12.1. The van der Waals surface area contributed by atoms with Crippen LogP contribution in [-0.2, 0) is 6.54 Å². The van der Waals surface area contributed by atoms with Crippen molar-refractivity contribution in [3.05, 3.63) is 64.2 Å². The Labute approximate surface area is 146 Å². The Hall–Kier alpha value is -2.67. The zero-order valence-corrected chi connectivity index (χ0v) is 14.4. The number of nitrogens with zero attached hydrogens (tertiary/aromatic N) is 2. The average molecular weight is 345 g/mol. The van der Waals surface area contributed by atoms with Crippen LogP contribution in [-0.4, -0.2) is 28.6 Å². The largest absolute Gasteiger partial charge is 0.494 e. The minimum absolute atomic E-state index is 0.0502. The van der Waals surface area contributed by atoms with Crippen LogP contribution in [0.25, 0.3) is 0 Å². The number of nitro groups is 1. The van der Waals surface area contributed by atoms with Crippen molar-refractivity contribution in [1.29, 1.82) is 0 Å². The highest BCUT2D eigenvalue weighted by atomic mass is 32.1. The fourth-order valence-corrected chi connectivity index (χ4v) is 2.27. The van der Waals surface area contributed by atoms with Crippen LogP contribution in [0.5, 0.6) is 5.75 Å². The van der Waals surface area contributed by atoms with Crippen LogP contribution in [0.1, 0.15) is 12.5 Å². The highest BCUT2D eigenvalue weighted by molar-refractivity contribution is 7.80. The summed E-state index contributed by atoms with van der Waals surface area (Å²) < 4.78 is 5.42. The third-order valence-electron chi connectivity index (χ3n) is 3.33. The van der Waals surface area contributed by atoms with Crippen LogP contribution in [0.2, 0.25) is 0 Å². The second kappa shape index (κ2) is 8.26. The molecule has 2 rings (SSSR count). The molecule has 6 nitrogen and oxygen atoms in total. The van der Waals surface area contributed by atoms with Crippen molar-refractivity contribution in [1.82, 2.24) is 4.90 Å². The third kappa shape index (κ3) is 4.92. The van der Waals surface area contributed by atoms with Crippen LogP contribution < -0.4 is 10.1 Å². The Balaban J connectivity index is 1.92. The molecule has 0 atom stereocenters. The van der Waals surface area contributed by atoms with E-state index in [1.165, 1.54) is 12.1 Å². The Morgan fingerprint density at radius 3 is 2.38 bits per heavy atom. The summed E-state index contributed by atoms with van der Waals surface area (Å²) in [7, 11) is 1.89. The van der Waals surface area contributed by atoms with Gasteiger partial charge in [-0.2, -0.15) is 0 Å². The minimum Gasteiger partial charge on any atom is -0.494 e. The number of ether oxygens (including phenoxy) is 1. The predicted octanol–water partition coefficient (Wildman–Crippen LogP) is 3.82. The maximum absolute atomic E-state index is 10.7. The van der Waals surface area contributed by atoms with E-state index in [2.05, 4.69) is 5.32 Å². The molecule has 24 heavy (non-hydrogen) atoms. The predicted molar refractivity (Wildman–Crippen MR) is 98.4 cm³/mol. The fraction of sp³-hybridized carbons (Fsp3) is 0.235. The maximum atomic E-state index is 10.7. The van der Waals surface area contributed by atoms with Crippen molar-refractivity contribution in [2.75, 3.05) is 19.0 Å². The highest BCUT2D eigenvalue weighted by Crippen LogP contribution is 2.17. The fourth-order valence-electron chi connectivity index (χ4n) is 2.09. The summed E-state index contributed by atoms with van der Waals surface area (Å²) >= 11 is 5.37. The molecule has 0 spiro atoms. The van der Waals surface area contributed by atoms with Gasteiger partial charge in [-0.25, -0.2) is 0 Å². The zero-order valence-electron chi connectivity index (χ0n) is 13.6. The molecule has 0 saturated heterocycles. The van der Waals surface area contributed by atoms with Crippen LogP contribution in [0.15, 0.2) is 48.5 Å². The van der Waals surface area contributed by atoms with Gasteiger partial charge in [-0.3, -0.25) is 10.1 Å². The lowest BCUT2D eigenvalue weighted by molar-refractivity contribution is -0.384. The lowest BCUT2D eigenvalue weighted by Gasteiger charge is -2.21. The monoisotopic (exact) mass is 345 g/mol. The van der Waals surface area contributed by atoms with Crippen molar-refractivity contribution in [3.8, 4) is 5.75 Å². The molecule has 0 saturated carbocycles. The van der Waals surface area contributed by atoms with Gasteiger partial charge >= 0.3 is 0 Å². The lowest BCUT2D eigenvalue weighted by Crippen LogP contribution is -2.30. The molecule has 0 heterocycles. The van der Waals surface area contributed by atoms with Crippen LogP contribution in [0, 0.1) is 10.1 Å². The van der Waals surface area contributed by atoms with E-state index < -0.39 is 4.92 Å². The van der Waals surface area contributed by atoms with Gasteiger partial charge in [0.1, 0.15) is 5.75 Å². The van der Waals surface area contributed by atoms with E-state index in [4.69, 9.17) is 17.0 Å². The Bertz CT molecular complexity index is 702. The Morgan fingerprint density at radius 1 is 1.21 bits per heavy atom. The molecule has 126 valence electrons. The molecular weight excluding hydrogens is 326 g/mol. The number of hydrogen-bond donors (Lipinski definition) is 1. The zero-order chi connectivity index (χ0) is 17.5. The number of rotatable bonds is 6. The molecular formula is C17H19N3O3S. The second-order valence-corrected chi connectivity index (χ2v) is 5.55. The molecule has 0 unspecified atom stereocenters. The first-order valence-corrected chi connectivity index (χ1v) is 7.88. The molecule has 0 bridgehead atoms. The molecule has 0 aliphatic heterocycles. The van der Waals surface area contributed by atoms with Gasteiger partial charge in [-0.05, 0) is 49.0 Å². The van der Waals surface area contributed by atoms with E-state index in [1.807, 2.05) is 43.1 Å². The first-order valence-electron chi connectivity index (χ1n) is 7.48. The van der Waals surface area contributed by atoms with Gasteiger partial charge < -0.3 is 15.0 Å². The molecule has 2 aromatic rings. The van der Waals surface area contributed by atoms with E-state index >= 15 is 0 Å². The third-order valence-corrected chi connectivity index (χ3v) is 3.74. The molecule has 7 heteroatoms. The van der Waals surface area contributed by atoms with E-state index in [9.17, 15) is 10.1 Å². The Kier molecular flexibility index (Phi) is 6.08. The van der Waals surface area contributed by atoms with Gasteiger partial charge in [0.15, 0.2) is 5.11 Å². The molecule has 0 radical (unpaired) electrons. The Morgan fingerprint density at radius 2 is 1.83 bits per heavy atom. The number of anilines is 1. The first-order chi connectivity index (χ1) is 11.5. The van der Waals surface area contributed by atoms with Gasteiger partial charge in [0.2, 0.25) is 0 Å². The quantitative estimate of drug-likeness (QED) is 0.488. The lowest BCUT2D eigenvalue weighted by atomic mass is 10.2. The van der Waals surface area contributed by atoms with Crippen LogP contribution >= 0.6 is 12.2 Å². The minimum atomic E-state index is -0.430. The molecule has 0 aliphatic rings. The molecule has 0 aromatic heterocycles. The summed E-state index contributed by atoms with van der Waals surface area (Å²) in [6, 6.07) is 14.0. The van der Waals surface area contributed by atoms with E-state index in [0.717, 1.165) is 11.3 Å². The van der Waals surface area contributed by atoms with Crippen LogP contribution in [0.4, 0.5) is 11.4 Å². The molecule has 1 N–H and O–H groups in total. The first kappa shape index (κ1) is 17.7. The highest BCUT2D eigenvalue weighted by Gasteiger charge is 2.08. The second-order valence-electron chi connectivity index (χ2n) is 5.17. The number of non-ortho nitro benzene ring substituents is 1. The molecule has 0 fully saturated rings. The number of thiocarbonyl (C=S) groups is 1. The molecule has 2 aromatic carbocycles. The summed E-state index contributed by atoms with van der Waals surface area (Å²) in [5.41, 5.74) is 1.87. The van der Waals surface area contributed by atoms with Crippen molar-refractivity contribution >= 4 is 28.7 Å². The SMILES string of the molecule is CCOc1ccc(CN(C)C(=S)Nc2ccc([N+](=O)[O-])cc2)cc1. The maximum Gasteiger partial charge on any atom is 0.269 e. The number of nitro benzene ring substituents is 1. The average Bonchev–Trinajstić information content (AvgIpc) is 2.57. The van der Waals surface area contributed by atoms with Gasteiger partial charge in [-0.15, -0.1) is 0 Å². The van der Waals surface area contributed by atoms with Crippen LogP contribution in [0.3, 0.4) is 0 Å². The van der Waals surface area contributed by atoms with E-state index in [0.29, 0.717) is 24.0 Å². The van der Waals surface area contributed by atoms with Crippen molar-refractivity contribution in [2.45, 2.75) is 13.5 Å². The summed E-state index contributed by atoms with van der Waals surface area (Å²) in [5.74, 6) is 0.843. The standard InChI is InChI=1S/C17H19N3O3S/c1-3-23-16-10-4-13(5-11-16)12-19(2)17(24)18-14-6-8-15(9-7-14)20(21)22/h4-11H,3,12H2,1-2H3,(H,18,24). The summed E-state index contributed by atoms with van der Waals surface area (Å²) in [6.07, 6.45) is 0. The van der Waals surface area contributed by atoms with Gasteiger partial charge in [-0.1, -0.05) is 12.1 Å². The molecule has 0 amide bonds. The topological polar surface area (TPSA) is 67.6 Å². The van der Waals surface area contributed by atoms with E-state index in [1.54, 1.807) is 12.1 Å². The van der Waals surface area contributed by atoms with Gasteiger partial charge in [0.05, 0.1) is 11.5 Å². The summed E-state index contributed by atoms with van der Waals surface area (Å²) in [5, 5.41) is 14.3. The molecule has 0 aliphatic carbocycles. The van der Waals surface area contributed by atoms with Gasteiger partial charge in [0.25, 0.3) is 5.69 Å². The number of benzene rings is 2. The number of nitrogens with one attached hydrogen (secondary N) is 1. The smallest absolute Gasteiger partial charge is 0.269 e. The van der Waals surface area contributed by atoms with Gasteiger partial charge in [0, 0.05) is 31.4 Å². The van der Waals surface area contributed by atoms with E-state index in [-0.39, 0.29) is 5.69 Å². The van der Waals surface area contributed by atoms with Crippen molar-refractivity contribution in [2.24, 2.45) is 0 Å². The van der Waals surface area contributed by atoms with Crippen molar-refractivity contribution < 1.29 is 9.66 Å².